The molecule has 7 nitrogen and oxygen atoms in total. The second-order valence-electron chi connectivity index (χ2n) is 12.8. The fourth-order valence-corrected chi connectivity index (χ4v) is 9.49. The number of para-hydroxylation sites is 1. The van der Waals surface area contributed by atoms with E-state index in [-0.39, 0.29) is 34.8 Å². The van der Waals surface area contributed by atoms with E-state index in [4.69, 9.17) is 11.6 Å². The van der Waals surface area contributed by atoms with Crippen molar-refractivity contribution in [3.05, 3.63) is 111 Å². The summed E-state index contributed by atoms with van der Waals surface area (Å²) in [7, 11) is -3.29. The Hall–Kier alpha value is -3.46. The third-order valence-electron chi connectivity index (χ3n) is 9.66. The quantitative estimate of drug-likeness (QED) is 0.288. The van der Waals surface area contributed by atoms with Crippen molar-refractivity contribution >= 4 is 38.4 Å². The van der Waals surface area contributed by atoms with Crippen molar-refractivity contribution in [3.63, 3.8) is 0 Å². The second kappa shape index (κ2) is 10.6. The number of sulfonamides is 1. The molecule has 43 heavy (non-hydrogen) atoms. The first-order valence-electron chi connectivity index (χ1n) is 14.8. The van der Waals surface area contributed by atoms with Crippen molar-refractivity contribution in [1.29, 1.82) is 0 Å². The molecule has 4 fully saturated rings. The molecule has 8 rings (SSSR count). The van der Waals surface area contributed by atoms with E-state index in [0.29, 0.717) is 33.9 Å². The van der Waals surface area contributed by atoms with Gasteiger partial charge >= 0.3 is 0 Å². The maximum absolute atomic E-state index is 13.5. The summed E-state index contributed by atoms with van der Waals surface area (Å²) in [6.07, 6.45) is 8.06. The van der Waals surface area contributed by atoms with Crippen LogP contribution in [0, 0.1) is 17.8 Å². The first-order chi connectivity index (χ1) is 20.6. The molecular formula is C34H34ClN3O4S. The van der Waals surface area contributed by atoms with Crippen molar-refractivity contribution in [2.75, 3.05) is 6.26 Å². The molecule has 1 amide bonds. The van der Waals surface area contributed by atoms with Gasteiger partial charge in [-0.2, -0.15) is 0 Å². The topological polar surface area (TPSA) is 97.3 Å². The number of carbonyl (C=O) groups excluding carboxylic acids is 1. The predicted octanol–water partition coefficient (Wildman–Crippen LogP) is 5.46. The zero-order valence-corrected chi connectivity index (χ0v) is 25.5. The van der Waals surface area contributed by atoms with E-state index in [9.17, 15) is 18.0 Å². The summed E-state index contributed by atoms with van der Waals surface area (Å²) in [5.41, 5.74) is 3.46. The highest BCUT2D eigenvalue weighted by molar-refractivity contribution is 7.88. The van der Waals surface area contributed by atoms with Crippen molar-refractivity contribution in [2.45, 2.75) is 50.1 Å². The summed E-state index contributed by atoms with van der Waals surface area (Å²) >= 11 is 6.29. The van der Waals surface area contributed by atoms with Crippen molar-refractivity contribution in [2.24, 2.45) is 17.8 Å². The molecule has 2 N–H and O–H groups in total. The maximum atomic E-state index is 13.5. The Morgan fingerprint density at radius 2 is 1.67 bits per heavy atom. The van der Waals surface area contributed by atoms with Gasteiger partial charge in [0.05, 0.1) is 11.8 Å². The second-order valence-corrected chi connectivity index (χ2v) is 15.0. The van der Waals surface area contributed by atoms with Gasteiger partial charge in [0.1, 0.15) is 0 Å². The van der Waals surface area contributed by atoms with Gasteiger partial charge in [-0.25, -0.2) is 13.1 Å². The number of nitrogens with zero attached hydrogens (tertiary/aromatic N) is 1. The molecule has 222 valence electrons. The number of fused-ring (bicyclic) bond motifs is 1. The van der Waals surface area contributed by atoms with Crippen LogP contribution in [-0.4, -0.2) is 36.7 Å². The molecule has 5 atom stereocenters. The van der Waals surface area contributed by atoms with Crippen LogP contribution in [0.1, 0.15) is 53.6 Å². The molecule has 9 heteroatoms. The van der Waals surface area contributed by atoms with Crippen LogP contribution in [0.3, 0.4) is 0 Å². The van der Waals surface area contributed by atoms with Crippen LogP contribution in [0.25, 0.3) is 16.6 Å². The zero-order valence-electron chi connectivity index (χ0n) is 23.9. The summed E-state index contributed by atoms with van der Waals surface area (Å²) in [6, 6.07) is 22.7. The molecule has 0 spiro atoms. The smallest absolute Gasteiger partial charge is 0.251 e. The monoisotopic (exact) mass is 615 g/mol. The SMILES string of the molecule is CS(=O)(=O)N[C@]12C[C@@H]3C[C@H](C1)[C@@H](NC(=O)c1ccc(Cc4cn(-c5ccccc5)c5cc(Cl)ccc5c4=O)cc1)[C@@H](C3)C2. The van der Waals surface area contributed by atoms with E-state index in [2.05, 4.69) is 10.0 Å². The van der Waals surface area contributed by atoms with E-state index in [1.807, 2.05) is 71.4 Å². The zero-order chi connectivity index (χ0) is 29.9. The molecule has 4 aliphatic carbocycles. The number of aromatic nitrogens is 1. The number of benzene rings is 3. The lowest BCUT2D eigenvalue weighted by atomic mass is 9.51. The van der Waals surface area contributed by atoms with E-state index in [0.717, 1.165) is 48.9 Å². The summed E-state index contributed by atoms with van der Waals surface area (Å²) in [5.74, 6) is 0.956. The van der Waals surface area contributed by atoms with E-state index in [1.165, 1.54) is 6.26 Å². The number of rotatable bonds is 7. The van der Waals surface area contributed by atoms with Crippen LogP contribution in [0.2, 0.25) is 5.02 Å². The normalized spacial score (nSPS) is 26.1. The molecule has 3 aromatic carbocycles. The molecule has 4 aromatic rings. The molecule has 4 aliphatic rings. The number of halogens is 1. The van der Waals surface area contributed by atoms with Gasteiger partial charge in [-0.3, -0.25) is 9.59 Å². The number of carbonyl (C=O) groups is 1. The van der Waals surface area contributed by atoms with Crippen LogP contribution in [0.15, 0.2) is 83.8 Å². The highest BCUT2D eigenvalue weighted by atomic mass is 35.5. The molecule has 0 saturated heterocycles. The van der Waals surface area contributed by atoms with E-state index < -0.39 is 10.0 Å². The number of hydrogen-bond acceptors (Lipinski definition) is 4. The first-order valence-corrected chi connectivity index (χ1v) is 17.1. The van der Waals surface area contributed by atoms with Crippen molar-refractivity contribution in [1.82, 2.24) is 14.6 Å². The molecule has 0 aliphatic heterocycles. The standard InChI is InChI=1S/C34H34ClN3O4S/c1-43(41,42)37-34-17-22-14-24(18-34)31(25(15-22)19-34)36-33(40)23-9-7-21(8-10-23)13-26-20-38(28-5-3-2-4-6-28)30-16-27(35)11-12-29(30)32(26)39/h2-12,16,20,22,24-25,31,37H,13-15,17-19H2,1H3,(H,36,40)/t22-,24-,25+,31-,34-. The first kappa shape index (κ1) is 28.3. The lowest BCUT2D eigenvalue weighted by molar-refractivity contribution is -0.0347. The lowest BCUT2D eigenvalue weighted by Crippen LogP contribution is -2.66. The van der Waals surface area contributed by atoms with Gasteiger partial charge in [-0.05, 0) is 97.9 Å². The molecule has 0 unspecified atom stereocenters. The van der Waals surface area contributed by atoms with Gasteiger partial charge in [0, 0.05) is 51.4 Å². The Morgan fingerprint density at radius 1 is 0.977 bits per heavy atom. The Kier molecular flexibility index (Phi) is 6.99. The minimum atomic E-state index is -3.29. The third-order valence-corrected chi connectivity index (χ3v) is 10.7. The minimum Gasteiger partial charge on any atom is -0.349 e. The number of amides is 1. The summed E-state index contributed by atoms with van der Waals surface area (Å²) < 4.78 is 29.1. The van der Waals surface area contributed by atoms with Gasteiger partial charge in [0.15, 0.2) is 5.43 Å². The number of nitrogens with one attached hydrogen (secondary N) is 2. The molecule has 1 aromatic heterocycles. The fourth-order valence-electron chi connectivity index (χ4n) is 8.29. The van der Waals surface area contributed by atoms with Crippen LogP contribution >= 0.6 is 11.6 Å². The Labute approximate surface area is 256 Å². The van der Waals surface area contributed by atoms with E-state index >= 15 is 0 Å². The predicted molar refractivity (Wildman–Crippen MR) is 169 cm³/mol. The highest BCUT2D eigenvalue weighted by Gasteiger charge is 2.56. The van der Waals surface area contributed by atoms with Gasteiger partial charge in [0.2, 0.25) is 10.0 Å². The Balaban J connectivity index is 1.09. The lowest BCUT2D eigenvalue weighted by Gasteiger charge is -2.59. The highest BCUT2D eigenvalue weighted by Crippen LogP contribution is 2.56. The van der Waals surface area contributed by atoms with E-state index in [1.54, 1.807) is 12.1 Å². The molecule has 1 heterocycles. The van der Waals surface area contributed by atoms with Crippen molar-refractivity contribution in [3.8, 4) is 5.69 Å². The number of pyridine rings is 1. The summed E-state index contributed by atoms with van der Waals surface area (Å²) in [6.45, 7) is 0. The third kappa shape index (κ3) is 5.52. The summed E-state index contributed by atoms with van der Waals surface area (Å²) in [4.78, 5) is 26.8. The fraction of sp³-hybridized carbons (Fsp3) is 0.353. The minimum absolute atomic E-state index is 0.0364. The maximum Gasteiger partial charge on any atom is 0.251 e. The number of hydrogen-bond donors (Lipinski definition) is 2. The largest absolute Gasteiger partial charge is 0.349 e. The molecule has 0 radical (unpaired) electrons. The molecular weight excluding hydrogens is 582 g/mol. The van der Waals surface area contributed by atoms with Crippen molar-refractivity contribution < 1.29 is 13.2 Å². The van der Waals surface area contributed by atoms with Gasteiger partial charge < -0.3 is 9.88 Å². The van der Waals surface area contributed by atoms with Gasteiger partial charge in [0.25, 0.3) is 5.91 Å². The van der Waals surface area contributed by atoms with Crippen LogP contribution in [0.4, 0.5) is 0 Å². The summed E-state index contributed by atoms with van der Waals surface area (Å²) in [5, 5.41) is 4.48. The molecule has 4 bridgehead atoms. The Bertz CT molecular complexity index is 1870. The van der Waals surface area contributed by atoms with Gasteiger partial charge in [-0.15, -0.1) is 0 Å². The average molecular weight is 616 g/mol. The van der Waals surface area contributed by atoms with Crippen LogP contribution in [0.5, 0.6) is 0 Å². The Morgan fingerprint density at radius 3 is 2.35 bits per heavy atom. The molecule has 4 saturated carbocycles. The van der Waals surface area contributed by atoms with Gasteiger partial charge in [-0.1, -0.05) is 41.9 Å². The van der Waals surface area contributed by atoms with Crippen LogP contribution in [-0.2, 0) is 16.4 Å². The average Bonchev–Trinajstić information content (AvgIpc) is 2.95. The van der Waals surface area contributed by atoms with Crippen LogP contribution < -0.4 is 15.5 Å².